The lowest BCUT2D eigenvalue weighted by Crippen LogP contribution is -2.10. The van der Waals surface area contributed by atoms with Gasteiger partial charge in [0.15, 0.2) is 0 Å². The number of rotatable bonds is 14. The summed E-state index contributed by atoms with van der Waals surface area (Å²) in [5.74, 6) is 3.00. The van der Waals surface area contributed by atoms with Crippen molar-refractivity contribution in [1.29, 1.82) is 10.5 Å². The van der Waals surface area contributed by atoms with E-state index in [1.54, 1.807) is 52.7 Å². The Balaban J connectivity index is 1.05. The SMILES string of the molecule is [C-]#[N+]c1c(C#N)c(/C=C/c2ccc(N(c3ccc(OC)cc3)c3ccc(OC)c4ccccc34)cc2)c(C#N)c([N+]#[C-])c1/C=C/c1ccc(N(c2ccc(OC)cc2)c2ccc(OC)c3ccccc23)cc1. The van der Waals surface area contributed by atoms with Gasteiger partial charge in [-0.3, -0.25) is 0 Å². The number of nitrogens with zero attached hydrogens (tertiary/aromatic N) is 6. The Morgan fingerprint density at radius 3 is 1.08 bits per heavy atom. The van der Waals surface area contributed by atoms with Gasteiger partial charge in [-0.15, -0.1) is 0 Å². The van der Waals surface area contributed by atoms with Crippen LogP contribution < -0.4 is 28.7 Å². The van der Waals surface area contributed by atoms with E-state index in [9.17, 15) is 10.5 Å². The third kappa shape index (κ3) is 8.95. The van der Waals surface area contributed by atoms with Crippen LogP contribution in [0.15, 0.2) is 170 Å². The molecule has 72 heavy (non-hydrogen) atoms. The predicted molar refractivity (Wildman–Crippen MR) is 290 cm³/mol. The van der Waals surface area contributed by atoms with Gasteiger partial charge in [0.2, 0.25) is 11.4 Å². The second-order valence-corrected chi connectivity index (χ2v) is 16.3. The van der Waals surface area contributed by atoms with Gasteiger partial charge in [-0.1, -0.05) is 97.1 Å². The summed E-state index contributed by atoms with van der Waals surface area (Å²) in [4.78, 5) is 11.9. The molecular weight excluding hydrogens is 893 g/mol. The van der Waals surface area contributed by atoms with Crippen LogP contribution in [-0.2, 0) is 0 Å². The van der Waals surface area contributed by atoms with E-state index in [1.807, 2.05) is 158 Å². The summed E-state index contributed by atoms with van der Waals surface area (Å²) >= 11 is 0. The van der Waals surface area contributed by atoms with Crippen LogP contribution in [0.25, 0.3) is 55.5 Å². The molecule has 0 saturated heterocycles. The Kier molecular flexibility index (Phi) is 13.6. The average molecular weight is 937 g/mol. The summed E-state index contributed by atoms with van der Waals surface area (Å²) in [6.07, 6.45) is 6.85. The molecule has 9 aromatic carbocycles. The first kappa shape index (κ1) is 46.8. The highest BCUT2D eigenvalue weighted by atomic mass is 16.5. The summed E-state index contributed by atoms with van der Waals surface area (Å²) in [5.41, 5.74) is 7.40. The number of methoxy groups -OCH3 is 4. The minimum Gasteiger partial charge on any atom is -0.497 e. The van der Waals surface area contributed by atoms with Crippen LogP contribution in [0.4, 0.5) is 45.5 Å². The van der Waals surface area contributed by atoms with E-state index in [0.29, 0.717) is 0 Å². The molecule has 0 aliphatic carbocycles. The van der Waals surface area contributed by atoms with Crippen molar-refractivity contribution in [3.63, 3.8) is 0 Å². The van der Waals surface area contributed by atoms with Crippen LogP contribution in [0.1, 0.15) is 33.4 Å². The van der Waals surface area contributed by atoms with Crippen molar-refractivity contribution < 1.29 is 18.9 Å². The molecule has 10 nitrogen and oxygen atoms in total. The number of anilines is 6. The first-order valence-electron chi connectivity index (χ1n) is 22.7. The molecule has 9 aromatic rings. The lowest BCUT2D eigenvalue weighted by Gasteiger charge is -2.27. The van der Waals surface area contributed by atoms with Gasteiger partial charge in [0.25, 0.3) is 0 Å². The van der Waals surface area contributed by atoms with Gasteiger partial charge in [0.05, 0.1) is 76.2 Å². The number of hydrogen-bond donors (Lipinski definition) is 0. The van der Waals surface area contributed by atoms with Gasteiger partial charge in [-0.05, 0) is 119 Å². The maximum Gasteiger partial charge on any atom is 0.202 e. The lowest BCUT2D eigenvalue weighted by molar-refractivity contribution is 0.414. The Morgan fingerprint density at radius 1 is 0.403 bits per heavy atom. The summed E-state index contributed by atoms with van der Waals surface area (Å²) < 4.78 is 22.4. The zero-order chi connectivity index (χ0) is 50.1. The number of ether oxygens (including phenoxy) is 4. The average Bonchev–Trinajstić information content (AvgIpc) is 3.44. The van der Waals surface area contributed by atoms with Crippen LogP contribution in [0.5, 0.6) is 23.0 Å². The largest absolute Gasteiger partial charge is 0.497 e. The third-order valence-electron chi connectivity index (χ3n) is 12.5. The van der Waals surface area contributed by atoms with Crippen LogP contribution in [0.2, 0.25) is 0 Å². The maximum atomic E-state index is 10.6. The van der Waals surface area contributed by atoms with Gasteiger partial charge in [-0.25, -0.2) is 9.69 Å². The van der Waals surface area contributed by atoms with Crippen molar-refractivity contribution in [2.45, 2.75) is 0 Å². The first-order chi connectivity index (χ1) is 35.4. The Labute approximate surface area is 418 Å². The van der Waals surface area contributed by atoms with Crippen LogP contribution >= 0.6 is 0 Å². The number of hydrogen-bond acceptors (Lipinski definition) is 8. The standard InChI is InChI=1S/C62H44N6O4/c1-65-61-54(34-20-42-17-23-44(24-18-42)68(46-27-31-48(70-4)32-28-46)58-36-38-60(72-6)53-14-10-8-12-51(53)58)62(66-2)56(40-64)49(55(61)39-63)33-19-41-15-21-43(22-16-41)67(45-25-29-47(69-3)30-26-45)57-35-37-59(71-5)52-13-9-7-11-50(52)57/h7-38H,3-6H3/b33-19+,34-20+. The van der Waals surface area contributed by atoms with Gasteiger partial charge < -0.3 is 28.7 Å². The molecule has 0 radical (unpaired) electrons. The molecule has 0 spiro atoms. The molecule has 0 bridgehead atoms. The Morgan fingerprint density at radius 2 is 0.750 bits per heavy atom. The van der Waals surface area contributed by atoms with E-state index < -0.39 is 0 Å². The van der Waals surface area contributed by atoms with Crippen LogP contribution in [0, 0.1) is 35.8 Å². The first-order valence-corrected chi connectivity index (χ1v) is 22.7. The van der Waals surface area contributed by atoms with Crippen molar-refractivity contribution in [1.82, 2.24) is 0 Å². The highest BCUT2D eigenvalue weighted by Gasteiger charge is 2.23. The van der Waals surface area contributed by atoms with E-state index in [0.717, 1.165) is 89.8 Å². The molecule has 0 atom stereocenters. The van der Waals surface area contributed by atoms with Gasteiger partial charge in [0.1, 0.15) is 23.0 Å². The topological polar surface area (TPSA) is 99.7 Å². The van der Waals surface area contributed by atoms with Gasteiger partial charge >= 0.3 is 0 Å². The van der Waals surface area contributed by atoms with Crippen molar-refractivity contribution in [2.24, 2.45) is 0 Å². The summed E-state index contributed by atoms with van der Waals surface area (Å²) in [5, 5.41) is 25.1. The monoisotopic (exact) mass is 936 g/mol. The highest BCUT2D eigenvalue weighted by Crippen LogP contribution is 2.45. The van der Waals surface area contributed by atoms with Crippen molar-refractivity contribution in [3.8, 4) is 35.1 Å². The van der Waals surface area contributed by atoms with Crippen LogP contribution in [0.3, 0.4) is 0 Å². The molecule has 9 rings (SSSR count). The molecule has 346 valence electrons. The molecule has 0 saturated carbocycles. The fourth-order valence-corrected chi connectivity index (χ4v) is 8.95. The molecule has 0 aliphatic heterocycles. The molecule has 0 aliphatic rings. The third-order valence-corrected chi connectivity index (χ3v) is 12.5. The van der Waals surface area contributed by atoms with Gasteiger partial charge in [0, 0.05) is 44.3 Å². The molecule has 0 heterocycles. The van der Waals surface area contributed by atoms with Crippen molar-refractivity contribution in [2.75, 3.05) is 38.2 Å². The number of fused-ring (bicyclic) bond motifs is 2. The molecule has 0 amide bonds. The molecule has 0 aromatic heterocycles. The minimum absolute atomic E-state index is 0.00992. The maximum absolute atomic E-state index is 10.6. The Bertz CT molecular complexity index is 3420. The summed E-state index contributed by atoms with van der Waals surface area (Å²) in [6.45, 7) is 16.5. The van der Waals surface area contributed by atoms with Gasteiger partial charge in [-0.2, -0.15) is 10.5 Å². The Hall–Kier alpha value is -10.3. The second kappa shape index (κ2) is 20.9. The van der Waals surface area contributed by atoms with E-state index in [4.69, 9.17) is 32.1 Å². The molecule has 0 fully saturated rings. The smallest absolute Gasteiger partial charge is 0.202 e. The minimum atomic E-state index is -0.00992. The zero-order valence-corrected chi connectivity index (χ0v) is 39.8. The quantitative estimate of drug-likeness (QED) is 0.0785. The van der Waals surface area contributed by atoms with E-state index in [-0.39, 0.29) is 33.6 Å². The van der Waals surface area contributed by atoms with E-state index in [2.05, 4.69) is 43.8 Å². The lowest BCUT2D eigenvalue weighted by atomic mass is 9.92. The molecule has 0 unspecified atom stereocenters. The molecule has 0 N–H and O–H groups in total. The fraction of sp³-hybridized carbons (Fsp3) is 0.0645. The normalized spacial score (nSPS) is 10.9. The molecule has 10 heteroatoms. The molecular formula is C62H44N6O4. The fourth-order valence-electron chi connectivity index (χ4n) is 8.95. The summed E-state index contributed by atoms with van der Waals surface area (Å²) in [7, 11) is 6.60. The van der Waals surface area contributed by atoms with E-state index >= 15 is 0 Å². The van der Waals surface area contributed by atoms with Crippen molar-refractivity contribution in [3.05, 3.63) is 226 Å². The second-order valence-electron chi connectivity index (χ2n) is 16.3. The number of benzene rings is 9. The number of nitriles is 2. The van der Waals surface area contributed by atoms with E-state index in [1.165, 1.54) is 0 Å². The highest BCUT2D eigenvalue weighted by molar-refractivity contribution is 6.04. The summed E-state index contributed by atoms with van der Waals surface area (Å²) in [6, 6.07) is 60.0. The van der Waals surface area contributed by atoms with Crippen LogP contribution in [-0.4, -0.2) is 28.4 Å². The predicted octanol–water partition coefficient (Wildman–Crippen LogP) is 16.2. The van der Waals surface area contributed by atoms with Crippen molar-refractivity contribution >= 4 is 91.3 Å². The zero-order valence-electron chi connectivity index (χ0n) is 39.8.